The van der Waals surface area contributed by atoms with E-state index in [1.807, 2.05) is 12.3 Å². The fourth-order valence-corrected chi connectivity index (χ4v) is 3.48. The molecule has 0 bridgehead atoms. The summed E-state index contributed by atoms with van der Waals surface area (Å²) < 4.78 is 5.59. The van der Waals surface area contributed by atoms with E-state index in [2.05, 4.69) is 55.4 Å². The molecule has 4 rings (SSSR count). The van der Waals surface area contributed by atoms with Gasteiger partial charge in [-0.2, -0.15) is 5.10 Å². The second-order valence-corrected chi connectivity index (χ2v) is 6.35. The second-order valence-electron chi connectivity index (χ2n) is 6.35. The predicted molar refractivity (Wildman–Crippen MR) is 94.6 cm³/mol. The minimum absolute atomic E-state index is 0.203. The molecule has 1 aromatic carbocycles. The summed E-state index contributed by atoms with van der Waals surface area (Å²) in [5.41, 5.74) is 3.58. The van der Waals surface area contributed by atoms with E-state index in [0.29, 0.717) is 0 Å². The molecule has 6 nitrogen and oxygen atoms in total. The van der Waals surface area contributed by atoms with Crippen LogP contribution in [0.4, 0.5) is 0 Å². The van der Waals surface area contributed by atoms with Crippen LogP contribution in [0.3, 0.4) is 0 Å². The molecule has 0 radical (unpaired) electrons. The third-order valence-corrected chi connectivity index (χ3v) is 4.76. The van der Waals surface area contributed by atoms with Gasteiger partial charge in [0.2, 0.25) is 0 Å². The van der Waals surface area contributed by atoms with Crippen molar-refractivity contribution in [2.24, 2.45) is 0 Å². The van der Waals surface area contributed by atoms with Gasteiger partial charge in [0.25, 0.3) is 0 Å². The second kappa shape index (κ2) is 7.13. The van der Waals surface area contributed by atoms with Crippen molar-refractivity contribution in [3.63, 3.8) is 0 Å². The molecule has 0 spiro atoms. The molecule has 0 saturated carbocycles. The smallest absolute Gasteiger partial charge is 0.141 e. The fraction of sp³-hybridized carbons (Fsp3) is 0.316. The highest BCUT2D eigenvalue weighted by Gasteiger charge is 2.34. The zero-order chi connectivity index (χ0) is 17.1. The first-order valence-corrected chi connectivity index (χ1v) is 8.45. The monoisotopic (exact) mass is 335 g/mol. The Morgan fingerprint density at radius 1 is 1.24 bits per heavy atom. The number of pyridine rings is 1. The van der Waals surface area contributed by atoms with Crippen LogP contribution in [0.1, 0.15) is 23.9 Å². The number of H-pyrrole nitrogens is 1. The van der Waals surface area contributed by atoms with Crippen LogP contribution in [0.5, 0.6) is 0 Å². The normalized spacial score (nSPS) is 20.8. The van der Waals surface area contributed by atoms with Crippen molar-refractivity contribution in [1.29, 1.82) is 0 Å². The Bertz CT molecular complexity index is 806. The van der Waals surface area contributed by atoms with Crippen molar-refractivity contribution in [2.45, 2.75) is 25.1 Å². The minimum Gasteiger partial charge on any atom is -0.380 e. The van der Waals surface area contributed by atoms with Crippen LogP contribution in [0.15, 0.2) is 55.1 Å². The third kappa shape index (κ3) is 3.45. The van der Waals surface area contributed by atoms with Gasteiger partial charge in [-0.15, -0.1) is 0 Å². The topological polar surface area (TPSA) is 66.9 Å². The third-order valence-electron chi connectivity index (χ3n) is 4.76. The van der Waals surface area contributed by atoms with Gasteiger partial charge in [-0.05, 0) is 35.2 Å². The number of aromatic nitrogens is 4. The molecule has 1 N–H and O–H groups in total. The van der Waals surface area contributed by atoms with E-state index in [1.54, 1.807) is 19.6 Å². The van der Waals surface area contributed by atoms with Gasteiger partial charge in [0.15, 0.2) is 0 Å². The minimum atomic E-state index is 0.203. The lowest BCUT2D eigenvalue weighted by atomic mass is 10.0. The summed E-state index contributed by atoms with van der Waals surface area (Å²) in [7, 11) is 1.77. The zero-order valence-electron chi connectivity index (χ0n) is 14.2. The summed E-state index contributed by atoms with van der Waals surface area (Å²) in [6.07, 6.45) is 6.40. The van der Waals surface area contributed by atoms with Gasteiger partial charge in [-0.3, -0.25) is 15.0 Å². The first kappa shape index (κ1) is 15.9. The Hall–Kier alpha value is -2.57. The maximum absolute atomic E-state index is 5.59. The van der Waals surface area contributed by atoms with Crippen molar-refractivity contribution < 1.29 is 4.74 Å². The van der Waals surface area contributed by atoms with Gasteiger partial charge in [0, 0.05) is 32.6 Å². The van der Waals surface area contributed by atoms with Crippen LogP contribution in [0, 0.1) is 0 Å². The Kier molecular flexibility index (Phi) is 4.54. The Balaban J connectivity index is 1.56. The number of benzene rings is 1. The van der Waals surface area contributed by atoms with Crippen LogP contribution < -0.4 is 0 Å². The maximum atomic E-state index is 5.59. The highest BCUT2D eigenvalue weighted by atomic mass is 16.5. The molecule has 0 amide bonds. The SMILES string of the molecule is CO[C@@H]1C[C@@H](c2ncn[nH]2)N(Cc2cccc(-c3cccnc3)c2)C1. The van der Waals surface area contributed by atoms with Crippen molar-refractivity contribution in [3.05, 3.63) is 66.5 Å². The van der Waals surface area contributed by atoms with E-state index in [1.165, 1.54) is 11.1 Å². The number of likely N-dealkylation sites (tertiary alicyclic amines) is 1. The summed E-state index contributed by atoms with van der Waals surface area (Å²) >= 11 is 0. The standard InChI is InChI=1S/C19H21N5O/c1-25-17-9-18(19-21-13-22-23-19)24(12-17)11-14-4-2-5-15(8-14)16-6-3-7-20-10-16/h2-8,10,13,17-18H,9,11-12H2,1H3,(H,21,22,23)/t17-,18+/m1/s1. The molecule has 1 fully saturated rings. The van der Waals surface area contributed by atoms with E-state index in [4.69, 9.17) is 4.74 Å². The Morgan fingerprint density at radius 2 is 2.16 bits per heavy atom. The first-order valence-electron chi connectivity index (χ1n) is 8.45. The number of hydrogen-bond acceptors (Lipinski definition) is 5. The molecule has 0 unspecified atom stereocenters. The lowest BCUT2D eigenvalue weighted by Gasteiger charge is -2.22. The van der Waals surface area contributed by atoms with Gasteiger partial charge < -0.3 is 4.74 Å². The van der Waals surface area contributed by atoms with Crippen LogP contribution in [0.25, 0.3) is 11.1 Å². The number of ether oxygens (including phenoxy) is 1. The summed E-state index contributed by atoms with van der Waals surface area (Å²) in [5.74, 6) is 0.906. The molecule has 1 aliphatic heterocycles. The highest BCUT2D eigenvalue weighted by Crippen LogP contribution is 2.33. The number of rotatable bonds is 5. The quantitative estimate of drug-likeness (QED) is 0.776. The molecule has 128 valence electrons. The average molecular weight is 335 g/mol. The van der Waals surface area contributed by atoms with E-state index in [-0.39, 0.29) is 12.1 Å². The average Bonchev–Trinajstić information content (AvgIpc) is 3.32. The van der Waals surface area contributed by atoms with Gasteiger partial charge in [0.1, 0.15) is 12.2 Å². The lowest BCUT2D eigenvalue weighted by molar-refractivity contribution is 0.107. The Labute approximate surface area is 146 Å². The molecular weight excluding hydrogens is 314 g/mol. The predicted octanol–water partition coefficient (Wildman–Crippen LogP) is 2.83. The summed E-state index contributed by atoms with van der Waals surface area (Å²) in [6.45, 7) is 1.73. The molecule has 2 atom stereocenters. The molecular formula is C19H21N5O. The molecule has 3 aromatic rings. The maximum Gasteiger partial charge on any atom is 0.141 e. The Morgan fingerprint density at radius 3 is 2.92 bits per heavy atom. The summed E-state index contributed by atoms with van der Waals surface area (Å²) in [5, 5.41) is 7.01. The lowest BCUT2D eigenvalue weighted by Crippen LogP contribution is -2.25. The van der Waals surface area contributed by atoms with Gasteiger partial charge in [-0.1, -0.05) is 24.3 Å². The molecule has 0 aliphatic carbocycles. The van der Waals surface area contributed by atoms with Crippen molar-refractivity contribution in [2.75, 3.05) is 13.7 Å². The number of methoxy groups -OCH3 is 1. The summed E-state index contributed by atoms with van der Waals surface area (Å²) in [4.78, 5) is 11.0. The highest BCUT2D eigenvalue weighted by molar-refractivity contribution is 5.62. The number of nitrogens with one attached hydrogen (secondary N) is 1. The van der Waals surface area contributed by atoms with Crippen molar-refractivity contribution in [3.8, 4) is 11.1 Å². The van der Waals surface area contributed by atoms with Gasteiger partial charge in [0.05, 0.1) is 12.1 Å². The van der Waals surface area contributed by atoms with Crippen LogP contribution in [-0.4, -0.2) is 44.8 Å². The van der Waals surface area contributed by atoms with Crippen molar-refractivity contribution >= 4 is 0 Å². The molecule has 1 aliphatic rings. The fourth-order valence-electron chi connectivity index (χ4n) is 3.48. The van der Waals surface area contributed by atoms with E-state index in [9.17, 15) is 0 Å². The number of nitrogens with zero attached hydrogens (tertiary/aromatic N) is 4. The first-order chi connectivity index (χ1) is 12.3. The largest absolute Gasteiger partial charge is 0.380 e. The van der Waals surface area contributed by atoms with Crippen molar-refractivity contribution in [1.82, 2.24) is 25.1 Å². The molecule has 2 aromatic heterocycles. The zero-order valence-corrected chi connectivity index (χ0v) is 14.2. The molecule has 1 saturated heterocycles. The van der Waals surface area contributed by atoms with E-state index < -0.39 is 0 Å². The van der Waals surface area contributed by atoms with Gasteiger partial charge in [-0.25, -0.2) is 4.98 Å². The number of hydrogen-bond donors (Lipinski definition) is 1. The van der Waals surface area contributed by atoms with Gasteiger partial charge >= 0.3 is 0 Å². The van der Waals surface area contributed by atoms with E-state index >= 15 is 0 Å². The summed E-state index contributed by atoms with van der Waals surface area (Å²) in [6, 6.07) is 12.9. The molecule has 3 heterocycles. The van der Waals surface area contributed by atoms with Crippen LogP contribution in [0.2, 0.25) is 0 Å². The van der Waals surface area contributed by atoms with Crippen LogP contribution >= 0.6 is 0 Å². The van der Waals surface area contributed by atoms with E-state index in [0.717, 1.165) is 30.9 Å². The number of aromatic amines is 1. The van der Waals surface area contributed by atoms with Crippen LogP contribution in [-0.2, 0) is 11.3 Å². The molecule has 25 heavy (non-hydrogen) atoms. The molecule has 6 heteroatoms.